The van der Waals surface area contributed by atoms with Crippen molar-refractivity contribution in [2.45, 2.75) is 13.8 Å². The quantitative estimate of drug-likeness (QED) is 0.570. The standard InChI is InChI=1S/C4H4O4.C3H6O.H2O/c5-3(6)1-2-4(7)8;1-3(2)4;/h1-2H,(H,5,6)(H,7,8);1-2H3;1H2/b2-1-;;. The molecule has 0 amide bonds. The summed E-state index contributed by atoms with van der Waals surface area (Å²) in [5, 5.41) is 15.6. The summed E-state index contributed by atoms with van der Waals surface area (Å²) in [5.74, 6) is -2.35. The summed E-state index contributed by atoms with van der Waals surface area (Å²) in [4.78, 5) is 28.6. The zero-order valence-corrected chi connectivity index (χ0v) is 7.27. The van der Waals surface area contributed by atoms with E-state index in [0.717, 1.165) is 0 Å². The van der Waals surface area contributed by atoms with E-state index in [1.807, 2.05) is 0 Å². The molecule has 0 atom stereocenters. The maximum absolute atomic E-state index is 9.55. The number of hydrogen-bond donors (Lipinski definition) is 2. The third-order valence-electron chi connectivity index (χ3n) is 0.368. The predicted molar refractivity (Wildman–Crippen MR) is 44.4 cm³/mol. The predicted octanol–water partition coefficient (Wildman–Crippen LogP) is -0.518. The Kier molecular flexibility index (Phi) is 13.8. The number of hydrogen-bond acceptors (Lipinski definition) is 3. The Balaban J connectivity index is -0.000000173. The molecule has 76 valence electrons. The molecule has 0 bridgehead atoms. The molecule has 6 heteroatoms. The van der Waals surface area contributed by atoms with E-state index in [-0.39, 0.29) is 11.3 Å². The largest absolute Gasteiger partial charge is 0.478 e. The van der Waals surface area contributed by atoms with E-state index < -0.39 is 11.9 Å². The number of carbonyl (C=O) groups is 3. The second kappa shape index (κ2) is 10.3. The molecule has 0 spiro atoms. The molecule has 0 aliphatic heterocycles. The molecular formula is C7H12O6. The summed E-state index contributed by atoms with van der Waals surface area (Å²) in [7, 11) is 0. The second-order valence-electron chi connectivity index (χ2n) is 1.92. The lowest BCUT2D eigenvalue weighted by molar-refractivity contribution is -0.134. The van der Waals surface area contributed by atoms with E-state index in [1.165, 1.54) is 13.8 Å². The summed E-state index contributed by atoms with van der Waals surface area (Å²) < 4.78 is 0. The Bertz CT molecular complexity index is 185. The van der Waals surface area contributed by atoms with Crippen molar-refractivity contribution in [3.63, 3.8) is 0 Å². The van der Waals surface area contributed by atoms with Gasteiger partial charge in [-0.15, -0.1) is 0 Å². The Labute approximate surface area is 74.8 Å². The van der Waals surface area contributed by atoms with Crippen LogP contribution in [0.2, 0.25) is 0 Å². The van der Waals surface area contributed by atoms with Gasteiger partial charge in [0.1, 0.15) is 5.78 Å². The zero-order valence-electron chi connectivity index (χ0n) is 7.27. The van der Waals surface area contributed by atoms with Gasteiger partial charge in [0.15, 0.2) is 0 Å². The van der Waals surface area contributed by atoms with Gasteiger partial charge in [0, 0.05) is 12.2 Å². The number of carboxylic acid groups (broad SMARTS) is 2. The molecular weight excluding hydrogens is 180 g/mol. The van der Waals surface area contributed by atoms with Crippen LogP contribution in [0, 0.1) is 0 Å². The lowest BCUT2D eigenvalue weighted by Crippen LogP contribution is -1.91. The summed E-state index contributed by atoms with van der Waals surface area (Å²) in [6.45, 7) is 3.06. The molecule has 0 aromatic carbocycles. The molecule has 0 aliphatic rings. The minimum absolute atomic E-state index is 0. The van der Waals surface area contributed by atoms with Gasteiger partial charge in [-0.1, -0.05) is 0 Å². The van der Waals surface area contributed by atoms with Gasteiger partial charge < -0.3 is 20.5 Å². The zero-order chi connectivity index (χ0) is 10.1. The van der Waals surface area contributed by atoms with Crippen LogP contribution in [0.25, 0.3) is 0 Å². The summed E-state index contributed by atoms with van der Waals surface area (Å²) >= 11 is 0. The first kappa shape index (κ1) is 17.4. The fourth-order valence-electron chi connectivity index (χ4n) is 0.143. The third-order valence-corrected chi connectivity index (χ3v) is 0.368. The van der Waals surface area contributed by atoms with E-state index in [2.05, 4.69) is 0 Å². The molecule has 0 saturated heterocycles. The van der Waals surface area contributed by atoms with Crippen LogP contribution in [-0.4, -0.2) is 33.4 Å². The van der Waals surface area contributed by atoms with E-state index in [4.69, 9.17) is 10.2 Å². The summed E-state index contributed by atoms with van der Waals surface area (Å²) in [6.07, 6.45) is 1.12. The van der Waals surface area contributed by atoms with Gasteiger partial charge >= 0.3 is 11.9 Å². The monoisotopic (exact) mass is 192 g/mol. The van der Waals surface area contributed by atoms with Crippen LogP contribution in [0.15, 0.2) is 12.2 Å². The van der Waals surface area contributed by atoms with Gasteiger partial charge in [-0.2, -0.15) is 0 Å². The smallest absolute Gasteiger partial charge is 0.328 e. The Morgan fingerprint density at radius 1 is 0.923 bits per heavy atom. The van der Waals surface area contributed by atoms with Crippen molar-refractivity contribution >= 4 is 17.7 Å². The number of ketones is 1. The van der Waals surface area contributed by atoms with E-state index in [0.29, 0.717) is 12.2 Å². The van der Waals surface area contributed by atoms with Crippen LogP contribution in [0.5, 0.6) is 0 Å². The summed E-state index contributed by atoms with van der Waals surface area (Å²) in [6, 6.07) is 0. The molecule has 13 heavy (non-hydrogen) atoms. The molecule has 0 aliphatic carbocycles. The van der Waals surface area contributed by atoms with Crippen LogP contribution >= 0.6 is 0 Å². The lowest BCUT2D eigenvalue weighted by atomic mass is 10.5. The highest BCUT2D eigenvalue weighted by atomic mass is 16.4. The fraction of sp³-hybridized carbons (Fsp3) is 0.286. The third kappa shape index (κ3) is 65.0. The van der Waals surface area contributed by atoms with Gasteiger partial charge in [0.25, 0.3) is 0 Å². The van der Waals surface area contributed by atoms with Crippen LogP contribution in [0.4, 0.5) is 0 Å². The maximum Gasteiger partial charge on any atom is 0.328 e. The average Bonchev–Trinajstić information content (AvgIpc) is 1.82. The van der Waals surface area contributed by atoms with Crippen LogP contribution in [0.3, 0.4) is 0 Å². The van der Waals surface area contributed by atoms with Gasteiger partial charge in [0.2, 0.25) is 0 Å². The number of carboxylic acids is 2. The molecule has 6 nitrogen and oxygen atoms in total. The van der Waals surface area contributed by atoms with Crippen molar-refractivity contribution in [3.8, 4) is 0 Å². The van der Waals surface area contributed by atoms with Gasteiger partial charge in [-0.25, -0.2) is 9.59 Å². The number of carbonyl (C=O) groups excluding carboxylic acids is 1. The molecule has 0 unspecified atom stereocenters. The Morgan fingerprint density at radius 2 is 1.08 bits per heavy atom. The highest BCUT2D eigenvalue weighted by Crippen LogP contribution is 1.70. The molecule has 0 fully saturated rings. The van der Waals surface area contributed by atoms with Crippen molar-refractivity contribution in [1.29, 1.82) is 0 Å². The van der Waals surface area contributed by atoms with Crippen LogP contribution in [0.1, 0.15) is 13.8 Å². The van der Waals surface area contributed by atoms with Crippen molar-refractivity contribution < 1.29 is 30.1 Å². The summed E-state index contributed by atoms with van der Waals surface area (Å²) in [5.41, 5.74) is 0. The van der Waals surface area contributed by atoms with Gasteiger partial charge in [0.05, 0.1) is 0 Å². The number of aliphatic carboxylic acids is 2. The van der Waals surface area contributed by atoms with E-state index >= 15 is 0 Å². The molecule has 0 aromatic rings. The molecule has 0 radical (unpaired) electrons. The topological polar surface area (TPSA) is 123 Å². The van der Waals surface area contributed by atoms with Crippen LogP contribution in [-0.2, 0) is 14.4 Å². The molecule has 0 saturated carbocycles. The molecule has 0 aromatic heterocycles. The number of Topliss-reactive ketones (excluding diaryl/α,β-unsaturated/α-hetero) is 1. The maximum atomic E-state index is 9.55. The van der Waals surface area contributed by atoms with Crippen molar-refractivity contribution in [2.24, 2.45) is 0 Å². The SMILES string of the molecule is CC(C)=O.O.O=C(O)/C=C\C(=O)O. The highest BCUT2D eigenvalue weighted by molar-refractivity contribution is 5.89. The van der Waals surface area contributed by atoms with Crippen molar-refractivity contribution in [1.82, 2.24) is 0 Å². The van der Waals surface area contributed by atoms with Crippen molar-refractivity contribution in [2.75, 3.05) is 0 Å². The first-order valence-electron chi connectivity index (χ1n) is 2.97. The lowest BCUT2D eigenvalue weighted by Gasteiger charge is -1.74. The fourth-order valence-corrected chi connectivity index (χ4v) is 0.143. The molecule has 0 rings (SSSR count). The first-order chi connectivity index (χ1) is 5.36. The number of rotatable bonds is 2. The van der Waals surface area contributed by atoms with E-state index in [9.17, 15) is 14.4 Å². The minimum Gasteiger partial charge on any atom is -0.478 e. The van der Waals surface area contributed by atoms with E-state index in [1.54, 1.807) is 0 Å². The average molecular weight is 192 g/mol. The Morgan fingerprint density at radius 3 is 1.15 bits per heavy atom. The highest BCUT2D eigenvalue weighted by Gasteiger charge is 1.88. The minimum atomic E-state index is -1.26. The van der Waals surface area contributed by atoms with Gasteiger partial charge in [-0.3, -0.25) is 0 Å². The first-order valence-corrected chi connectivity index (χ1v) is 2.97. The van der Waals surface area contributed by atoms with Crippen molar-refractivity contribution in [3.05, 3.63) is 12.2 Å². The Hall–Kier alpha value is -1.69. The van der Waals surface area contributed by atoms with Gasteiger partial charge in [-0.05, 0) is 13.8 Å². The molecule has 4 N–H and O–H groups in total. The second-order valence-corrected chi connectivity index (χ2v) is 1.92. The normalized spacial score (nSPS) is 7.85. The van der Waals surface area contributed by atoms with Crippen LogP contribution < -0.4 is 0 Å². The molecule has 0 heterocycles.